The maximum absolute atomic E-state index is 12.4. The van der Waals surface area contributed by atoms with Crippen LogP contribution in [-0.2, 0) is 6.42 Å². The molecule has 0 spiro atoms. The number of carbonyl (C=O) groups is 1. The van der Waals surface area contributed by atoms with E-state index in [0.29, 0.717) is 6.04 Å². The van der Waals surface area contributed by atoms with Crippen molar-refractivity contribution in [3.8, 4) is 0 Å². The Hall–Kier alpha value is -1.35. The molecule has 1 heterocycles. The van der Waals surface area contributed by atoms with Crippen molar-refractivity contribution in [2.75, 3.05) is 20.1 Å². The Morgan fingerprint density at radius 3 is 2.72 bits per heavy atom. The van der Waals surface area contributed by atoms with Gasteiger partial charge in [0.15, 0.2) is 0 Å². The van der Waals surface area contributed by atoms with Crippen LogP contribution in [0.4, 0.5) is 0 Å². The molecule has 98 valence electrons. The molecule has 1 aromatic carbocycles. The molecule has 0 bridgehead atoms. The summed E-state index contributed by atoms with van der Waals surface area (Å²) in [5, 5.41) is 3.26. The predicted molar refractivity (Wildman–Crippen MR) is 73.8 cm³/mol. The van der Waals surface area contributed by atoms with Gasteiger partial charge in [-0.3, -0.25) is 4.79 Å². The summed E-state index contributed by atoms with van der Waals surface area (Å²) in [7, 11) is 1.97. The highest BCUT2D eigenvalue weighted by Crippen LogP contribution is 2.14. The van der Waals surface area contributed by atoms with E-state index >= 15 is 0 Å². The number of amides is 1. The predicted octanol–water partition coefficient (Wildman–Crippen LogP) is 2.07. The minimum absolute atomic E-state index is 0.164. The lowest BCUT2D eigenvalue weighted by Crippen LogP contribution is -2.46. The van der Waals surface area contributed by atoms with Crippen LogP contribution in [0.5, 0.6) is 0 Å². The molecule has 1 aliphatic heterocycles. The Labute approximate surface area is 109 Å². The first-order valence-corrected chi connectivity index (χ1v) is 6.80. The third-order valence-corrected chi connectivity index (χ3v) is 3.73. The number of hydrogen-bond acceptors (Lipinski definition) is 2. The van der Waals surface area contributed by atoms with E-state index in [1.165, 1.54) is 5.56 Å². The number of carbonyl (C=O) groups excluding carboxylic acids is 1. The van der Waals surface area contributed by atoms with Crippen LogP contribution in [0.15, 0.2) is 24.3 Å². The molecule has 3 heteroatoms. The van der Waals surface area contributed by atoms with Crippen molar-refractivity contribution in [2.24, 2.45) is 0 Å². The zero-order chi connectivity index (χ0) is 13.0. The molecule has 2 rings (SSSR count). The zero-order valence-electron chi connectivity index (χ0n) is 11.3. The number of hydrogen-bond donors (Lipinski definition) is 1. The molecule has 3 nitrogen and oxygen atoms in total. The van der Waals surface area contributed by atoms with E-state index in [4.69, 9.17) is 0 Å². The summed E-state index contributed by atoms with van der Waals surface area (Å²) < 4.78 is 0. The van der Waals surface area contributed by atoms with Crippen LogP contribution in [0, 0.1) is 0 Å². The second-order valence-electron chi connectivity index (χ2n) is 4.93. The molecule has 1 saturated heterocycles. The van der Waals surface area contributed by atoms with Crippen molar-refractivity contribution < 1.29 is 4.79 Å². The highest BCUT2D eigenvalue weighted by Gasteiger charge is 2.23. The van der Waals surface area contributed by atoms with Crippen LogP contribution in [0.25, 0.3) is 0 Å². The summed E-state index contributed by atoms with van der Waals surface area (Å²) in [6.45, 7) is 3.83. The lowest BCUT2D eigenvalue weighted by Gasteiger charge is -2.32. The van der Waals surface area contributed by atoms with Crippen molar-refractivity contribution in [1.29, 1.82) is 0 Å². The molecule has 1 aromatic rings. The van der Waals surface area contributed by atoms with Gasteiger partial charge in [0.25, 0.3) is 5.91 Å². The monoisotopic (exact) mass is 246 g/mol. The number of rotatable bonds is 3. The average molecular weight is 246 g/mol. The molecular formula is C15H22N2O. The van der Waals surface area contributed by atoms with Crippen molar-refractivity contribution in [3.05, 3.63) is 35.4 Å². The van der Waals surface area contributed by atoms with Gasteiger partial charge in [0.2, 0.25) is 0 Å². The molecule has 0 aliphatic carbocycles. The van der Waals surface area contributed by atoms with E-state index in [1.54, 1.807) is 0 Å². The van der Waals surface area contributed by atoms with Crippen molar-refractivity contribution in [3.63, 3.8) is 0 Å². The molecular weight excluding hydrogens is 224 g/mol. The molecule has 1 atom stereocenters. The van der Waals surface area contributed by atoms with Gasteiger partial charge >= 0.3 is 0 Å². The first-order chi connectivity index (χ1) is 8.74. The maximum Gasteiger partial charge on any atom is 0.253 e. The molecule has 0 radical (unpaired) electrons. The summed E-state index contributed by atoms with van der Waals surface area (Å²) >= 11 is 0. The van der Waals surface area contributed by atoms with Crippen LogP contribution < -0.4 is 5.32 Å². The van der Waals surface area contributed by atoms with Gasteiger partial charge in [-0.15, -0.1) is 0 Å². The molecule has 1 fully saturated rings. The molecule has 1 aliphatic rings. The summed E-state index contributed by atoms with van der Waals surface area (Å²) in [4.78, 5) is 14.3. The van der Waals surface area contributed by atoms with Gasteiger partial charge in [0.1, 0.15) is 0 Å². The summed E-state index contributed by atoms with van der Waals surface area (Å²) in [6, 6.07) is 8.44. The first kappa shape index (κ1) is 13.1. The van der Waals surface area contributed by atoms with Crippen LogP contribution in [0.3, 0.4) is 0 Å². The van der Waals surface area contributed by atoms with Gasteiger partial charge in [-0.1, -0.05) is 19.1 Å². The molecule has 18 heavy (non-hydrogen) atoms. The number of nitrogens with one attached hydrogen (secondary N) is 1. The molecule has 1 amide bonds. The maximum atomic E-state index is 12.4. The summed E-state index contributed by atoms with van der Waals surface area (Å²) in [5.41, 5.74) is 2.09. The minimum Gasteiger partial charge on any atom is -0.337 e. The Balaban J connectivity index is 2.05. The fourth-order valence-corrected chi connectivity index (χ4v) is 2.46. The average Bonchev–Trinajstić information content (AvgIpc) is 2.46. The first-order valence-electron chi connectivity index (χ1n) is 6.80. The van der Waals surface area contributed by atoms with Crippen LogP contribution in [-0.4, -0.2) is 37.0 Å². The second kappa shape index (κ2) is 6.01. The number of likely N-dealkylation sites (tertiary alicyclic amines) is 1. The Morgan fingerprint density at radius 2 is 2.11 bits per heavy atom. The second-order valence-corrected chi connectivity index (χ2v) is 4.93. The van der Waals surface area contributed by atoms with E-state index in [1.807, 2.05) is 36.2 Å². The normalized spacial score (nSPS) is 19.9. The number of piperidine rings is 1. The van der Waals surface area contributed by atoms with E-state index in [9.17, 15) is 4.79 Å². The molecule has 1 N–H and O–H groups in total. The number of benzene rings is 1. The van der Waals surface area contributed by atoms with E-state index < -0.39 is 0 Å². The highest BCUT2D eigenvalue weighted by molar-refractivity contribution is 5.94. The van der Waals surface area contributed by atoms with Crippen LogP contribution in [0.1, 0.15) is 35.7 Å². The smallest absolute Gasteiger partial charge is 0.253 e. The Morgan fingerprint density at radius 1 is 1.39 bits per heavy atom. The van der Waals surface area contributed by atoms with Crippen molar-refractivity contribution >= 4 is 5.91 Å². The molecule has 0 aromatic heterocycles. The number of nitrogens with zero attached hydrogens (tertiary/aromatic N) is 1. The summed E-state index contributed by atoms with van der Waals surface area (Å²) in [6.07, 6.45) is 3.26. The summed E-state index contributed by atoms with van der Waals surface area (Å²) in [5.74, 6) is 0.164. The number of aryl methyl sites for hydroxylation is 1. The van der Waals surface area contributed by atoms with Gasteiger partial charge in [-0.25, -0.2) is 0 Å². The lowest BCUT2D eigenvalue weighted by atomic mass is 10.0. The van der Waals surface area contributed by atoms with Gasteiger partial charge in [0, 0.05) is 24.7 Å². The standard InChI is InChI=1S/C15H22N2O/c1-3-12-6-8-13(9-7-12)15(18)17-10-4-5-14(11-17)16-2/h6-9,14,16H,3-5,10-11H2,1-2H3. The topological polar surface area (TPSA) is 32.3 Å². The van der Waals surface area contributed by atoms with E-state index in [0.717, 1.165) is 37.9 Å². The Bertz CT molecular complexity index is 399. The SMILES string of the molecule is CCc1ccc(C(=O)N2CCCC(NC)C2)cc1. The van der Waals surface area contributed by atoms with Gasteiger partial charge in [-0.2, -0.15) is 0 Å². The molecule has 1 unspecified atom stereocenters. The Kier molecular flexibility index (Phi) is 4.37. The van der Waals surface area contributed by atoms with Crippen molar-refractivity contribution in [2.45, 2.75) is 32.2 Å². The van der Waals surface area contributed by atoms with E-state index in [-0.39, 0.29) is 5.91 Å². The van der Waals surface area contributed by atoms with Crippen molar-refractivity contribution in [1.82, 2.24) is 10.2 Å². The van der Waals surface area contributed by atoms with Gasteiger partial charge in [-0.05, 0) is 44.0 Å². The fourth-order valence-electron chi connectivity index (χ4n) is 2.46. The third-order valence-electron chi connectivity index (χ3n) is 3.73. The molecule has 0 saturated carbocycles. The van der Waals surface area contributed by atoms with E-state index in [2.05, 4.69) is 12.2 Å². The fraction of sp³-hybridized carbons (Fsp3) is 0.533. The zero-order valence-corrected chi connectivity index (χ0v) is 11.3. The van der Waals surface area contributed by atoms with Gasteiger partial charge in [0.05, 0.1) is 0 Å². The highest BCUT2D eigenvalue weighted by atomic mass is 16.2. The third kappa shape index (κ3) is 2.91. The minimum atomic E-state index is 0.164. The van der Waals surface area contributed by atoms with Gasteiger partial charge < -0.3 is 10.2 Å². The van der Waals surface area contributed by atoms with Crippen LogP contribution in [0.2, 0.25) is 0 Å². The quantitative estimate of drug-likeness (QED) is 0.885. The number of likely N-dealkylation sites (N-methyl/N-ethyl adjacent to an activating group) is 1. The van der Waals surface area contributed by atoms with Crippen LogP contribution >= 0.6 is 0 Å². The lowest BCUT2D eigenvalue weighted by molar-refractivity contribution is 0.0698. The largest absolute Gasteiger partial charge is 0.337 e.